The van der Waals surface area contributed by atoms with E-state index in [0.717, 1.165) is 49.9 Å². The second-order valence-corrected chi connectivity index (χ2v) is 8.94. The molecule has 4 aromatic carbocycles. The SMILES string of the molecule is NCc1cccc(-c2cc(-c3cccc(CN)c3)c3occ(COc4ccccc4CC(=O)O)c3c2)c1. The summed E-state index contributed by atoms with van der Waals surface area (Å²) >= 11 is 0. The Balaban J connectivity index is 1.60. The van der Waals surface area contributed by atoms with E-state index in [9.17, 15) is 9.90 Å². The fourth-order valence-electron chi connectivity index (χ4n) is 4.53. The number of hydrogen-bond donors (Lipinski definition) is 3. The fraction of sp³-hybridized carbons (Fsp3) is 0.129. The highest BCUT2D eigenvalue weighted by Gasteiger charge is 2.16. The maximum Gasteiger partial charge on any atom is 0.307 e. The van der Waals surface area contributed by atoms with Crippen molar-refractivity contribution in [2.75, 3.05) is 0 Å². The van der Waals surface area contributed by atoms with Gasteiger partial charge in [0.25, 0.3) is 0 Å². The standard InChI is InChI=1S/C31H28N2O4/c32-16-20-5-3-8-22(11-20)25-13-27(23-9-4-6-21(12-23)17-33)31-28(14-25)26(19-37-31)18-36-29-10-2-1-7-24(29)15-30(34)35/h1-14,19H,15-18,32-33H2,(H,34,35). The summed E-state index contributed by atoms with van der Waals surface area (Å²) in [6.45, 7) is 1.14. The minimum Gasteiger partial charge on any atom is -0.488 e. The Morgan fingerprint density at radius 2 is 1.49 bits per heavy atom. The lowest BCUT2D eigenvalue weighted by atomic mass is 9.94. The molecule has 0 unspecified atom stereocenters. The molecule has 1 aromatic heterocycles. The largest absolute Gasteiger partial charge is 0.488 e. The summed E-state index contributed by atoms with van der Waals surface area (Å²) in [6.07, 6.45) is 1.60. The van der Waals surface area contributed by atoms with E-state index in [4.69, 9.17) is 20.6 Å². The van der Waals surface area contributed by atoms with Crippen LogP contribution in [0.4, 0.5) is 0 Å². The number of carboxylic acid groups (broad SMARTS) is 1. The minimum atomic E-state index is -0.904. The molecule has 0 amide bonds. The summed E-state index contributed by atoms with van der Waals surface area (Å²) < 4.78 is 12.2. The predicted octanol–water partition coefficient (Wildman–Crippen LogP) is 5.89. The molecule has 0 aliphatic rings. The van der Waals surface area contributed by atoms with E-state index in [2.05, 4.69) is 36.4 Å². The van der Waals surface area contributed by atoms with E-state index in [-0.39, 0.29) is 13.0 Å². The van der Waals surface area contributed by atoms with Gasteiger partial charge in [0.1, 0.15) is 17.9 Å². The second kappa shape index (κ2) is 10.7. The molecule has 0 atom stereocenters. The van der Waals surface area contributed by atoms with E-state index in [1.807, 2.05) is 36.4 Å². The number of carboxylic acids is 1. The number of carbonyl (C=O) groups is 1. The van der Waals surface area contributed by atoms with Gasteiger partial charge in [0.2, 0.25) is 0 Å². The number of hydrogen-bond acceptors (Lipinski definition) is 5. The number of nitrogens with two attached hydrogens (primary N) is 2. The molecule has 5 rings (SSSR count). The molecule has 5 aromatic rings. The summed E-state index contributed by atoms with van der Waals surface area (Å²) in [7, 11) is 0. The van der Waals surface area contributed by atoms with Gasteiger partial charge in [0.15, 0.2) is 0 Å². The molecule has 0 aliphatic heterocycles. The molecule has 0 radical (unpaired) electrons. The molecule has 5 N–H and O–H groups in total. The van der Waals surface area contributed by atoms with Crippen molar-refractivity contribution in [3.63, 3.8) is 0 Å². The Morgan fingerprint density at radius 3 is 2.22 bits per heavy atom. The van der Waals surface area contributed by atoms with Gasteiger partial charge in [-0.1, -0.05) is 54.6 Å². The quantitative estimate of drug-likeness (QED) is 0.237. The smallest absolute Gasteiger partial charge is 0.307 e. The van der Waals surface area contributed by atoms with Crippen LogP contribution in [0.3, 0.4) is 0 Å². The van der Waals surface area contributed by atoms with E-state index in [0.29, 0.717) is 24.4 Å². The first-order chi connectivity index (χ1) is 18.1. The highest BCUT2D eigenvalue weighted by Crippen LogP contribution is 2.37. The first-order valence-electron chi connectivity index (χ1n) is 12.1. The summed E-state index contributed by atoms with van der Waals surface area (Å²) in [6, 6.07) is 27.7. The van der Waals surface area contributed by atoms with E-state index in [1.54, 1.807) is 18.4 Å². The van der Waals surface area contributed by atoms with Crippen LogP contribution < -0.4 is 16.2 Å². The molecular weight excluding hydrogens is 464 g/mol. The third-order valence-electron chi connectivity index (χ3n) is 6.42. The zero-order valence-electron chi connectivity index (χ0n) is 20.3. The lowest BCUT2D eigenvalue weighted by Gasteiger charge is -2.12. The zero-order chi connectivity index (χ0) is 25.8. The van der Waals surface area contributed by atoms with Crippen LogP contribution >= 0.6 is 0 Å². The molecule has 0 aliphatic carbocycles. The number of ether oxygens (including phenoxy) is 1. The molecule has 0 fully saturated rings. The number of para-hydroxylation sites is 1. The summed E-state index contributed by atoms with van der Waals surface area (Å²) in [5.41, 5.74) is 20.2. The highest BCUT2D eigenvalue weighted by molar-refractivity contribution is 5.98. The van der Waals surface area contributed by atoms with Crippen molar-refractivity contribution >= 4 is 16.9 Å². The summed E-state index contributed by atoms with van der Waals surface area (Å²) in [5.74, 6) is -0.361. The van der Waals surface area contributed by atoms with Crippen LogP contribution in [0, 0.1) is 0 Å². The van der Waals surface area contributed by atoms with Gasteiger partial charge in [-0.3, -0.25) is 4.79 Å². The maximum absolute atomic E-state index is 11.3. The zero-order valence-corrected chi connectivity index (χ0v) is 20.3. The van der Waals surface area contributed by atoms with Gasteiger partial charge >= 0.3 is 5.97 Å². The van der Waals surface area contributed by atoms with Crippen LogP contribution in [0.2, 0.25) is 0 Å². The molecule has 1 heterocycles. The molecule has 6 nitrogen and oxygen atoms in total. The molecule has 0 saturated heterocycles. The highest BCUT2D eigenvalue weighted by atomic mass is 16.5. The van der Waals surface area contributed by atoms with Gasteiger partial charge in [-0.25, -0.2) is 0 Å². The van der Waals surface area contributed by atoms with Crippen LogP contribution in [0.1, 0.15) is 22.3 Å². The van der Waals surface area contributed by atoms with E-state index in [1.165, 1.54) is 0 Å². The van der Waals surface area contributed by atoms with Gasteiger partial charge in [0, 0.05) is 35.2 Å². The number of aliphatic carboxylic acids is 1. The van der Waals surface area contributed by atoms with Crippen LogP contribution in [-0.2, 0) is 30.9 Å². The normalized spacial score (nSPS) is 11.1. The van der Waals surface area contributed by atoms with Crippen molar-refractivity contribution in [2.24, 2.45) is 11.5 Å². The van der Waals surface area contributed by atoms with Crippen LogP contribution in [0.15, 0.2) is 95.6 Å². The average Bonchev–Trinajstić information content (AvgIpc) is 3.34. The molecule has 0 spiro atoms. The van der Waals surface area contributed by atoms with Gasteiger partial charge in [0.05, 0.1) is 12.7 Å². The molecule has 37 heavy (non-hydrogen) atoms. The Kier molecular flexibility index (Phi) is 7.03. The molecule has 0 bridgehead atoms. The number of furan rings is 1. The monoisotopic (exact) mass is 492 g/mol. The maximum atomic E-state index is 11.3. The Hall–Kier alpha value is -4.39. The van der Waals surface area contributed by atoms with Crippen molar-refractivity contribution in [1.82, 2.24) is 0 Å². The molecule has 186 valence electrons. The van der Waals surface area contributed by atoms with Gasteiger partial charge < -0.3 is 25.7 Å². The van der Waals surface area contributed by atoms with Crippen molar-refractivity contribution in [3.8, 4) is 28.0 Å². The van der Waals surface area contributed by atoms with Crippen LogP contribution in [0.25, 0.3) is 33.2 Å². The molecular formula is C31H28N2O4. The third-order valence-corrected chi connectivity index (χ3v) is 6.42. The van der Waals surface area contributed by atoms with Crippen molar-refractivity contribution in [3.05, 3.63) is 113 Å². The Bertz CT molecular complexity index is 1570. The third kappa shape index (κ3) is 5.26. The fourth-order valence-corrected chi connectivity index (χ4v) is 4.53. The Morgan fingerprint density at radius 1 is 0.784 bits per heavy atom. The Labute approximate surface area is 215 Å². The molecule has 0 saturated carbocycles. The molecule has 6 heteroatoms. The van der Waals surface area contributed by atoms with Crippen LogP contribution in [-0.4, -0.2) is 11.1 Å². The van der Waals surface area contributed by atoms with Crippen molar-refractivity contribution < 1.29 is 19.1 Å². The minimum absolute atomic E-state index is 0.106. The van der Waals surface area contributed by atoms with E-state index >= 15 is 0 Å². The van der Waals surface area contributed by atoms with Gasteiger partial charge in [-0.15, -0.1) is 0 Å². The summed E-state index contributed by atoms with van der Waals surface area (Å²) in [5, 5.41) is 10.2. The number of benzene rings is 4. The lowest BCUT2D eigenvalue weighted by Crippen LogP contribution is -2.04. The van der Waals surface area contributed by atoms with Crippen molar-refractivity contribution in [1.29, 1.82) is 0 Å². The topological polar surface area (TPSA) is 112 Å². The second-order valence-electron chi connectivity index (χ2n) is 8.94. The number of rotatable bonds is 9. The van der Waals surface area contributed by atoms with E-state index < -0.39 is 5.97 Å². The number of fused-ring (bicyclic) bond motifs is 1. The predicted molar refractivity (Wildman–Crippen MR) is 145 cm³/mol. The van der Waals surface area contributed by atoms with Gasteiger partial charge in [-0.05, 0) is 58.1 Å². The average molecular weight is 493 g/mol. The first kappa shape index (κ1) is 24.3. The van der Waals surface area contributed by atoms with Crippen LogP contribution in [0.5, 0.6) is 5.75 Å². The first-order valence-corrected chi connectivity index (χ1v) is 12.1. The lowest BCUT2D eigenvalue weighted by molar-refractivity contribution is -0.136. The van der Waals surface area contributed by atoms with Gasteiger partial charge in [-0.2, -0.15) is 0 Å². The summed E-state index contributed by atoms with van der Waals surface area (Å²) in [4.78, 5) is 11.3. The van der Waals surface area contributed by atoms with Crippen molar-refractivity contribution in [2.45, 2.75) is 26.1 Å².